The monoisotopic (exact) mass is 310 g/mol. The molecule has 22 heavy (non-hydrogen) atoms. The zero-order valence-corrected chi connectivity index (χ0v) is 12.7. The SMILES string of the molecule is CCn1cc(-c2cc(C(F)F)nc(NCCCN)n2)c(C)n1. The first-order valence-electron chi connectivity index (χ1n) is 7.20. The molecule has 2 rings (SSSR count). The number of nitrogens with zero attached hydrogens (tertiary/aromatic N) is 4. The normalized spacial score (nSPS) is 11.2. The fourth-order valence-corrected chi connectivity index (χ4v) is 2.03. The van der Waals surface area contributed by atoms with Crippen molar-refractivity contribution in [3.8, 4) is 11.3 Å². The molecule has 0 amide bonds. The number of hydrogen-bond donors (Lipinski definition) is 2. The zero-order chi connectivity index (χ0) is 16.1. The molecule has 0 aliphatic heterocycles. The Hall–Kier alpha value is -2.09. The summed E-state index contributed by atoms with van der Waals surface area (Å²) < 4.78 is 27.8. The maximum absolute atomic E-state index is 13.0. The molecule has 0 saturated heterocycles. The molecule has 2 aromatic rings. The van der Waals surface area contributed by atoms with Crippen molar-refractivity contribution in [3.63, 3.8) is 0 Å². The summed E-state index contributed by atoms with van der Waals surface area (Å²) >= 11 is 0. The predicted molar refractivity (Wildman–Crippen MR) is 80.8 cm³/mol. The molecule has 0 atom stereocenters. The molecular formula is C14H20F2N6. The maximum Gasteiger partial charge on any atom is 0.280 e. The molecule has 0 saturated carbocycles. The van der Waals surface area contributed by atoms with Crippen LogP contribution in [-0.4, -0.2) is 32.8 Å². The lowest BCUT2D eigenvalue weighted by molar-refractivity contribution is 0.146. The van der Waals surface area contributed by atoms with Gasteiger partial charge in [-0.25, -0.2) is 18.7 Å². The summed E-state index contributed by atoms with van der Waals surface area (Å²) in [5.41, 5.74) is 7.03. The average molecular weight is 310 g/mol. The highest BCUT2D eigenvalue weighted by Gasteiger charge is 2.16. The van der Waals surface area contributed by atoms with Gasteiger partial charge >= 0.3 is 0 Å². The van der Waals surface area contributed by atoms with Gasteiger partial charge in [0.05, 0.1) is 11.4 Å². The van der Waals surface area contributed by atoms with Crippen molar-refractivity contribution < 1.29 is 8.78 Å². The number of aryl methyl sites for hydroxylation is 2. The summed E-state index contributed by atoms with van der Waals surface area (Å²) in [5, 5.41) is 7.25. The van der Waals surface area contributed by atoms with Crippen LogP contribution in [0.5, 0.6) is 0 Å². The molecule has 6 nitrogen and oxygen atoms in total. The molecule has 2 heterocycles. The molecule has 0 spiro atoms. The Bertz CT molecular complexity index is 626. The van der Waals surface area contributed by atoms with Gasteiger partial charge in [0.25, 0.3) is 6.43 Å². The lowest BCUT2D eigenvalue weighted by Gasteiger charge is -2.09. The van der Waals surface area contributed by atoms with E-state index in [1.165, 1.54) is 6.07 Å². The van der Waals surface area contributed by atoms with E-state index in [0.717, 1.165) is 11.3 Å². The molecule has 0 fully saturated rings. The molecule has 0 aliphatic carbocycles. The highest BCUT2D eigenvalue weighted by Crippen LogP contribution is 2.26. The topological polar surface area (TPSA) is 81.7 Å². The van der Waals surface area contributed by atoms with E-state index in [4.69, 9.17) is 5.73 Å². The molecule has 3 N–H and O–H groups in total. The Morgan fingerprint density at radius 2 is 2.14 bits per heavy atom. The van der Waals surface area contributed by atoms with E-state index >= 15 is 0 Å². The van der Waals surface area contributed by atoms with E-state index in [1.54, 1.807) is 10.9 Å². The number of nitrogens with one attached hydrogen (secondary N) is 1. The van der Waals surface area contributed by atoms with Gasteiger partial charge in [0.2, 0.25) is 5.95 Å². The lowest BCUT2D eigenvalue weighted by Crippen LogP contribution is -2.11. The van der Waals surface area contributed by atoms with Gasteiger partial charge in [0.15, 0.2) is 0 Å². The van der Waals surface area contributed by atoms with Gasteiger partial charge in [-0.3, -0.25) is 4.68 Å². The first-order valence-corrected chi connectivity index (χ1v) is 7.20. The summed E-state index contributed by atoms with van der Waals surface area (Å²) in [4.78, 5) is 8.16. The van der Waals surface area contributed by atoms with E-state index in [0.29, 0.717) is 31.7 Å². The molecule has 2 aromatic heterocycles. The molecule has 0 radical (unpaired) electrons. The number of nitrogens with two attached hydrogens (primary N) is 1. The van der Waals surface area contributed by atoms with Crippen LogP contribution in [0.4, 0.5) is 14.7 Å². The van der Waals surface area contributed by atoms with Crippen molar-refractivity contribution in [1.82, 2.24) is 19.7 Å². The Balaban J connectivity index is 2.38. The molecule has 0 bridgehead atoms. The minimum Gasteiger partial charge on any atom is -0.354 e. The first kappa shape index (κ1) is 16.3. The van der Waals surface area contributed by atoms with E-state index < -0.39 is 6.43 Å². The molecule has 0 unspecified atom stereocenters. The van der Waals surface area contributed by atoms with Gasteiger partial charge in [-0.2, -0.15) is 5.10 Å². The van der Waals surface area contributed by atoms with Crippen LogP contribution in [0.3, 0.4) is 0 Å². The Kier molecular flexibility index (Phi) is 5.37. The van der Waals surface area contributed by atoms with Crippen molar-refractivity contribution in [1.29, 1.82) is 0 Å². The van der Waals surface area contributed by atoms with Crippen molar-refractivity contribution in [2.24, 2.45) is 5.73 Å². The summed E-state index contributed by atoms with van der Waals surface area (Å²) in [6.07, 6.45) is -0.139. The number of hydrogen-bond acceptors (Lipinski definition) is 5. The van der Waals surface area contributed by atoms with E-state index in [2.05, 4.69) is 20.4 Å². The van der Waals surface area contributed by atoms with Crippen LogP contribution in [0, 0.1) is 6.92 Å². The van der Waals surface area contributed by atoms with E-state index in [1.807, 2.05) is 13.8 Å². The Morgan fingerprint density at radius 1 is 1.36 bits per heavy atom. The minimum atomic E-state index is -2.65. The second kappa shape index (κ2) is 7.26. The second-order valence-electron chi connectivity index (χ2n) is 4.86. The number of rotatable bonds is 7. The average Bonchev–Trinajstić information content (AvgIpc) is 2.88. The summed E-state index contributed by atoms with van der Waals surface area (Å²) in [6.45, 7) is 5.54. The molecule has 8 heteroatoms. The predicted octanol–water partition coefficient (Wildman–Crippen LogP) is 2.37. The van der Waals surface area contributed by atoms with E-state index in [9.17, 15) is 8.78 Å². The highest BCUT2D eigenvalue weighted by molar-refractivity contribution is 5.62. The van der Waals surface area contributed by atoms with Crippen LogP contribution in [0.2, 0.25) is 0 Å². The van der Waals surface area contributed by atoms with Gasteiger partial charge in [0, 0.05) is 24.8 Å². The number of anilines is 1. The van der Waals surface area contributed by atoms with Crippen LogP contribution in [0.1, 0.15) is 31.2 Å². The van der Waals surface area contributed by atoms with Crippen molar-refractivity contribution in [3.05, 3.63) is 23.7 Å². The van der Waals surface area contributed by atoms with Crippen LogP contribution in [0.25, 0.3) is 11.3 Å². The van der Waals surface area contributed by atoms with Crippen molar-refractivity contribution in [2.75, 3.05) is 18.4 Å². The third kappa shape index (κ3) is 3.76. The van der Waals surface area contributed by atoms with Gasteiger partial charge in [-0.15, -0.1) is 0 Å². The van der Waals surface area contributed by atoms with E-state index in [-0.39, 0.29) is 11.6 Å². The minimum absolute atomic E-state index is 0.185. The van der Waals surface area contributed by atoms with Gasteiger partial charge in [-0.05, 0) is 32.9 Å². The van der Waals surface area contributed by atoms with Crippen LogP contribution < -0.4 is 11.1 Å². The maximum atomic E-state index is 13.0. The molecule has 120 valence electrons. The Morgan fingerprint density at radius 3 is 2.73 bits per heavy atom. The summed E-state index contributed by atoms with van der Waals surface area (Å²) in [5.74, 6) is 0.185. The zero-order valence-electron chi connectivity index (χ0n) is 12.7. The van der Waals surface area contributed by atoms with Crippen LogP contribution >= 0.6 is 0 Å². The van der Waals surface area contributed by atoms with Gasteiger partial charge < -0.3 is 11.1 Å². The fraction of sp³-hybridized carbons (Fsp3) is 0.500. The molecule has 0 aliphatic rings. The standard InChI is InChI=1S/C14H20F2N6/c1-3-22-8-10(9(2)21-22)11-7-12(13(15)16)20-14(19-11)18-6-4-5-17/h7-8,13H,3-6,17H2,1-2H3,(H,18,19,20). The number of alkyl halides is 2. The van der Waals surface area contributed by atoms with Crippen LogP contribution in [0.15, 0.2) is 12.3 Å². The van der Waals surface area contributed by atoms with Gasteiger partial charge in [-0.1, -0.05) is 0 Å². The lowest BCUT2D eigenvalue weighted by atomic mass is 10.1. The molecular weight excluding hydrogens is 290 g/mol. The number of halogens is 2. The van der Waals surface area contributed by atoms with Crippen molar-refractivity contribution >= 4 is 5.95 Å². The fourth-order valence-electron chi connectivity index (χ4n) is 2.03. The summed E-state index contributed by atoms with van der Waals surface area (Å²) in [6, 6.07) is 1.31. The van der Waals surface area contributed by atoms with Crippen LogP contribution in [-0.2, 0) is 6.54 Å². The second-order valence-corrected chi connectivity index (χ2v) is 4.86. The first-order chi connectivity index (χ1) is 10.5. The van der Waals surface area contributed by atoms with Gasteiger partial charge in [0.1, 0.15) is 5.69 Å². The smallest absolute Gasteiger partial charge is 0.280 e. The van der Waals surface area contributed by atoms with Crippen molar-refractivity contribution in [2.45, 2.75) is 33.2 Å². The largest absolute Gasteiger partial charge is 0.354 e. The quantitative estimate of drug-likeness (QED) is 0.767. The molecule has 0 aromatic carbocycles. The number of aromatic nitrogens is 4. The third-order valence-electron chi connectivity index (χ3n) is 3.18. The summed E-state index contributed by atoms with van der Waals surface area (Å²) in [7, 11) is 0. The third-order valence-corrected chi connectivity index (χ3v) is 3.18. The Labute approximate surface area is 127 Å². The highest BCUT2D eigenvalue weighted by atomic mass is 19.3.